The van der Waals surface area contributed by atoms with Crippen molar-refractivity contribution in [1.29, 1.82) is 0 Å². The normalized spacial score (nSPS) is 11.9. The summed E-state index contributed by atoms with van der Waals surface area (Å²) in [5.74, 6) is 0.992. The maximum atomic E-state index is 12.6. The van der Waals surface area contributed by atoms with Crippen LogP contribution in [0.2, 0.25) is 0 Å². The third-order valence-corrected chi connectivity index (χ3v) is 5.19. The fraction of sp³-hybridized carbons (Fsp3) is 0.389. The largest absolute Gasteiger partial charge is 0.495 e. The quantitative estimate of drug-likeness (QED) is 0.619. The van der Waals surface area contributed by atoms with Gasteiger partial charge in [0, 0.05) is 26.4 Å². The number of amides is 1. The highest BCUT2D eigenvalue weighted by Gasteiger charge is 2.17. The molecule has 3 rings (SSSR count). The van der Waals surface area contributed by atoms with Gasteiger partial charge in [0.25, 0.3) is 5.91 Å². The van der Waals surface area contributed by atoms with Crippen molar-refractivity contribution in [1.82, 2.24) is 14.3 Å². The highest BCUT2D eigenvalue weighted by atomic mass is 32.1. The van der Waals surface area contributed by atoms with E-state index in [-0.39, 0.29) is 0 Å². The Morgan fingerprint density at radius 1 is 1.19 bits per heavy atom. The van der Waals surface area contributed by atoms with Crippen LogP contribution >= 0.6 is 11.3 Å². The number of hydrogen-bond acceptors (Lipinski definition) is 6. The minimum absolute atomic E-state index is 0.312. The summed E-state index contributed by atoms with van der Waals surface area (Å²) in [6.07, 6.45) is 1.76. The van der Waals surface area contributed by atoms with E-state index in [1.54, 1.807) is 38.3 Å². The summed E-state index contributed by atoms with van der Waals surface area (Å²) in [5.41, 5.74) is 1.14. The maximum absolute atomic E-state index is 12.6. The molecule has 1 amide bonds. The highest BCUT2D eigenvalue weighted by molar-refractivity contribution is 7.16. The first-order valence-electron chi connectivity index (χ1n) is 8.48. The lowest BCUT2D eigenvalue weighted by Crippen LogP contribution is -2.19. The molecule has 2 heterocycles. The molecule has 8 nitrogen and oxygen atoms in total. The number of hydrogen-bond donors (Lipinski definition) is 0. The van der Waals surface area contributed by atoms with Gasteiger partial charge in [-0.1, -0.05) is 11.3 Å². The van der Waals surface area contributed by atoms with E-state index in [1.165, 1.54) is 11.3 Å². The minimum Gasteiger partial charge on any atom is -0.495 e. The van der Waals surface area contributed by atoms with Gasteiger partial charge >= 0.3 is 0 Å². The summed E-state index contributed by atoms with van der Waals surface area (Å²) in [6, 6.07) is 5.35. The summed E-state index contributed by atoms with van der Waals surface area (Å²) >= 11 is 1.37. The fourth-order valence-corrected chi connectivity index (χ4v) is 3.89. The number of thiazole rings is 1. The lowest BCUT2D eigenvalue weighted by atomic mass is 10.3. The molecule has 0 spiro atoms. The van der Waals surface area contributed by atoms with Crippen LogP contribution in [0, 0.1) is 0 Å². The lowest BCUT2D eigenvalue weighted by molar-refractivity contribution is 0.0992. The zero-order valence-electron chi connectivity index (χ0n) is 15.8. The van der Waals surface area contributed by atoms with Crippen molar-refractivity contribution in [3.05, 3.63) is 34.9 Å². The standard InChI is InChI=1S/C18H22N4O4S/c1-5-21-9-8-12(20-21)17(23)19-18-22(10-11-24-2)15-13(25-3)6-7-14(26-4)16(15)27-18/h6-9H,5,10-11H2,1-4H3. The van der Waals surface area contributed by atoms with Gasteiger partial charge in [0.15, 0.2) is 10.5 Å². The van der Waals surface area contributed by atoms with Crippen LogP contribution in [0.5, 0.6) is 11.5 Å². The molecule has 0 N–H and O–H groups in total. The smallest absolute Gasteiger partial charge is 0.300 e. The molecule has 27 heavy (non-hydrogen) atoms. The number of benzene rings is 1. The molecular weight excluding hydrogens is 368 g/mol. The molecule has 0 aliphatic carbocycles. The van der Waals surface area contributed by atoms with Crippen molar-refractivity contribution in [2.75, 3.05) is 27.9 Å². The SMILES string of the molecule is CCn1ccc(C(=O)N=c2sc3c(OC)ccc(OC)c3n2CCOC)n1. The van der Waals surface area contributed by atoms with Crippen molar-refractivity contribution in [2.24, 2.45) is 4.99 Å². The van der Waals surface area contributed by atoms with Crippen LogP contribution in [0.15, 0.2) is 29.4 Å². The second kappa shape index (κ2) is 8.36. The van der Waals surface area contributed by atoms with Gasteiger partial charge in [-0.15, -0.1) is 0 Å². The summed E-state index contributed by atoms with van der Waals surface area (Å²) in [7, 11) is 4.85. The van der Waals surface area contributed by atoms with Gasteiger partial charge in [-0.25, -0.2) is 0 Å². The predicted octanol–water partition coefficient (Wildman–Crippen LogP) is 2.32. The third-order valence-electron chi connectivity index (χ3n) is 4.09. The van der Waals surface area contributed by atoms with Gasteiger partial charge in [0.1, 0.15) is 21.7 Å². The minimum atomic E-state index is -0.391. The monoisotopic (exact) mass is 390 g/mol. The number of fused-ring (bicyclic) bond motifs is 1. The van der Waals surface area contributed by atoms with Crippen molar-refractivity contribution in [3.8, 4) is 11.5 Å². The van der Waals surface area contributed by atoms with E-state index in [2.05, 4.69) is 10.1 Å². The molecule has 1 aromatic carbocycles. The Labute approximate surface area is 160 Å². The van der Waals surface area contributed by atoms with Crippen LogP contribution in [0.25, 0.3) is 10.2 Å². The van der Waals surface area contributed by atoms with Gasteiger partial charge in [-0.05, 0) is 25.1 Å². The number of ether oxygens (including phenoxy) is 3. The summed E-state index contributed by atoms with van der Waals surface area (Å²) in [4.78, 5) is 17.5. The average molecular weight is 390 g/mol. The molecule has 0 saturated carbocycles. The van der Waals surface area contributed by atoms with Crippen LogP contribution in [-0.4, -0.2) is 48.2 Å². The van der Waals surface area contributed by atoms with E-state index in [0.717, 1.165) is 10.2 Å². The van der Waals surface area contributed by atoms with Crippen molar-refractivity contribution in [3.63, 3.8) is 0 Å². The second-order valence-electron chi connectivity index (χ2n) is 5.65. The Bertz CT molecular complexity index is 1020. The first-order chi connectivity index (χ1) is 13.1. The van der Waals surface area contributed by atoms with Gasteiger partial charge < -0.3 is 18.8 Å². The molecular formula is C18H22N4O4S. The molecule has 144 valence electrons. The zero-order valence-corrected chi connectivity index (χ0v) is 16.6. The number of rotatable bonds is 7. The second-order valence-corrected chi connectivity index (χ2v) is 6.63. The van der Waals surface area contributed by atoms with E-state index < -0.39 is 5.91 Å². The molecule has 0 saturated heterocycles. The van der Waals surface area contributed by atoms with Crippen LogP contribution in [0.4, 0.5) is 0 Å². The van der Waals surface area contributed by atoms with Crippen LogP contribution in [0.3, 0.4) is 0 Å². The summed E-state index contributed by atoms with van der Waals surface area (Å²) in [6.45, 7) is 3.65. The number of aromatic nitrogens is 3. The zero-order chi connectivity index (χ0) is 19.4. The number of methoxy groups -OCH3 is 3. The van der Waals surface area contributed by atoms with Crippen LogP contribution in [-0.2, 0) is 17.8 Å². The Hall–Kier alpha value is -2.65. The van der Waals surface area contributed by atoms with E-state index in [1.807, 2.05) is 23.6 Å². The lowest BCUT2D eigenvalue weighted by Gasteiger charge is -2.09. The van der Waals surface area contributed by atoms with E-state index in [0.29, 0.717) is 41.7 Å². The van der Waals surface area contributed by atoms with Crippen LogP contribution in [0.1, 0.15) is 17.4 Å². The highest BCUT2D eigenvalue weighted by Crippen LogP contribution is 2.35. The molecule has 0 unspecified atom stereocenters. The third kappa shape index (κ3) is 3.74. The fourth-order valence-electron chi connectivity index (χ4n) is 2.73. The molecule has 0 atom stereocenters. The van der Waals surface area contributed by atoms with E-state index in [4.69, 9.17) is 14.2 Å². The van der Waals surface area contributed by atoms with Gasteiger partial charge in [0.05, 0.1) is 20.8 Å². The van der Waals surface area contributed by atoms with Crippen molar-refractivity contribution in [2.45, 2.75) is 20.0 Å². The molecule has 9 heteroatoms. The molecule has 0 fully saturated rings. The average Bonchev–Trinajstić information content (AvgIpc) is 3.30. The molecule has 0 radical (unpaired) electrons. The molecule has 3 aromatic rings. The van der Waals surface area contributed by atoms with Gasteiger partial charge in [0.2, 0.25) is 0 Å². The Kier molecular flexibility index (Phi) is 5.92. The summed E-state index contributed by atoms with van der Waals surface area (Å²) < 4.78 is 20.7. The van der Waals surface area contributed by atoms with Crippen molar-refractivity contribution >= 4 is 27.5 Å². The first-order valence-corrected chi connectivity index (χ1v) is 9.30. The molecule has 0 bridgehead atoms. The number of carbonyl (C=O) groups excluding carboxylic acids is 1. The first kappa shape index (κ1) is 19.1. The number of aryl methyl sites for hydroxylation is 1. The van der Waals surface area contributed by atoms with E-state index >= 15 is 0 Å². The Morgan fingerprint density at radius 2 is 1.93 bits per heavy atom. The van der Waals surface area contributed by atoms with Gasteiger partial charge in [-0.2, -0.15) is 10.1 Å². The topological polar surface area (TPSA) is 79.9 Å². The number of nitrogens with zero attached hydrogens (tertiary/aromatic N) is 4. The Balaban J connectivity index is 2.19. The van der Waals surface area contributed by atoms with Gasteiger partial charge in [-0.3, -0.25) is 9.48 Å². The maximum Gasteiger partial charge on any atom is 0.300 e. The van der Waals surface area contributed by atoms with Crippen molar-refractivity contribution < 1.29 is 19.0 Å². The number of carbonyl (C=O) groups is 1. The molecule has 0 aliphatic heterocycles. The van der Waals surface area contributed by atoms with Crippen LogP contribution < -0.4 is 14.3 Å². The predicted molar refractivity (Wildman–Crippen MR) is 103 cm³/mol. The molecule has 2 aromatic heterocycles. The van der Waals surface area contributed by atoms with E-state index in [9.17, 15) is 4.79 Å². The molecule has 0 aliphatic rings. The Morgan fingerprint density at radius 3 is 2.56 bits per heavy atom. The summed E-state index contributed by atoms with van der Waals surface area (Å²) in [5, 5.41) is 4.23.